The van der Waals surface area contributed by atoms with E-state index >= 15 is 0 Å². The Kier molecular flexibility index (Phi) is 4.70. The van der Waals surface area contributed by atoms with Crippen LogP contribution in [0.5, 0.6) is 0 Å². The van der Waals surface area contributed by atoms with Crippen molar-refractivity contribution in [3.05, 3.63) is 35.6 Å². The number of nitrogens with zero attached hydrogens (tertiary/aromatic N) is 1. The fourth-order valence-electron chi connectivity index (χ4n) is 2.85. The third-order valence-electron chi connectivity index (χ3n) is 3.92. The van der Waals surface area contributed by atoms with E-state index in [0.717, 1.165) is 37.9 Å². The third kappa shape index (κ3) is 4.13. The summed E-state index contributed by atoms with van der Waals surface area (Å²) in [5, 5.41) is 0. The number of Topliss-reactive ketones (excluding diaryl/α,β-unsaturated/α-hetero) is 1. The van der Waals surface area contributed by atoms with Crippen molar-refractivity contribution in [3.63, 3.8) is 0 Å². The molecule has 0 spiro atoms. The minimum Gasteiger partial charge on any atom is -0.301 e. The van der Waals surface area contributed by atoms with Crippen molar-refractivity contribution in [2.45, 2.75) is 32.7 Å². The fourth-order valence-corrected chi connectivity index (χ4v) is 2.85. The van der Waals surface area contributed by atoms with Crippen LogP contribution in [0.25, 0.3) is 0 Å². The van der Waals surface area contributed by atoms with Crippen molar-refractivity contribution in [1.29, 1.82) is 0 Å². The molecule has 0 saturated heterocycles. The summed E-state index contributed by atoms with van der Waals surface area (Å²) in [6.45, 7) is 3.79. The van der Waals surface area contributed by atoms with Gasteiger partial charge in [0.05, 0.1) is 0 Å². The van der Waals surface area contributed by atoms with Crippen LogP contribution in [0.4, 0.5) is 4.39 Å². The molecule has 2 rings (SSSR count). The molecule has 0 heterocycles. The number of hydrogen-bond donors (Lipinski definition) is 0. The second kappa shape index (κ2) is 6.29. The highest BCUT2D eigenvalue weighted by molar-refractivity contribution is 5.81. The van der Waals surface area contributed by atoms with Crippen LogP contribution in [0.15, 0.2) is 24.3 Å². The van der Waals surface area contributed by atoms with Gasteiger partial charge in [-0.2, -0.15) is 0 Å². The molecule has 1 aromatic carbocycles. The molecule has 2 unspecified atom stereocenters. The van der Waals surface area contributed by atoms with E-state index in [-0.39, 0.29) is 11.7 Å². The van der Waals surface area contributed by atoms with Gasteiger partial charge in [0.15, 0.2) is 0 Å². The van der Waals surface area contributed by atoms with Gasteiger partial charge in [-0.15, -0.1) is 0 Å². The Morgan fingerprint density at radius 3 is 2.68 bits per heavy atom. The van der Waals surface area contributed by atoms with Crippen molar-refractivity contribution >= 4 is 5.78 Å². The smallest absolute Gasteiger partial charge is 0.137 e. The molecule has 1 aromatic rings. The van der Waals surface area contributed by atoms with Crippen LogP contribution in [0, 0.1) is 17.7 Å². The second-order valence-electron chi connectivity index (χ2n) is 5.87. The topological polar surface area (TPSA) is 20.3 Å². The molecule has 0 amide bonds. The molecule has 1 aliphatic carbocycles. The van der Waals surface area contributed by atoms with Crippen molar-refractivity contribution in [2.75, 3.05) is 13.6 Å². The lowest BCUT2D eigenvalue weighted by atomic mass is 9.81. The van der Waals surface area contributed by atoms with Crippen molar-refractivity contribution in [1.82, 2.24) is 4.90 Å². The summed E-state index contributed by atoms with van der Waals surface area (Å²) in [6, 6.07) is 6.57. The van der Waals surface area contributed by atoms with Gasteiger partial charge < -0.3 is 4.90 Å². The lowest BCUT2D eigenvalue weighted by molar-refractivity contribution is -0.126. The first-order valence-corrected chi connectivity index (χ1v) is 7.00. The van der Waals surface area contributed by atoms with E-state index in [1.807, 2.05) is 7.05 Å². The highest BCUT2D eigenvalue weighted by Crippen LogP contribution is 2.26. The second-order valence-corrected chi connectivity index (χ2v) is 5.87. The van der Waals surface area contributed by atoms with Crippen LogP contribution < -0.4 is 0 Å². The largest absolute Gasteiger partial charge is 0.301 e. The Hall–Kier alpha value is -1.22. The maximum absolute atomic E-state index is 12.8. The molecule has 1 aliphatic rings. The summed E-state index contributed by atoms with van der Waals surface area (Å²) in [5.74, 6) is 1.03. The molecule has 3 heteroatoms. The summed E-state index contributed by atoms with van der Waals surface area (Å²) in [5.41, 5.74) is 1.08. The lowest BCUT2D eigenvalue weighted by Crippen LogP contribution is -2.34. The molecular weight excluding hydrogens is 241 g/mol. The van der Waals surface area contributed by atoms with Gasteiger partial charge in [-0.1, -0.05) is 19.1 Å². The van der Waals surface area contributed by atoms with Gasteiger partial charge in [0.2, 0.25) is 0 Å². The number of rotatable bonds is 4. The van der Waals surface area contributed by atoms with Crippen molar-refractivity contribution in [2.24, 2.45) is 11.8 Å². The van der Waals surface area contributed by atoms with Crippen LogP contribution in [-0.4, -0.2) is 24.3 Å². The van der Waals surface area contributed by atoms with Gasteiger partial charge in [0.1, 0.15) is 11.6 Å². The van der Waals surface area contributed by atoms with Crippen LogP contribution in [-0.2, 0) is 11.3 Å². The Bertz CT molecular complexity index is 429. The first-order valence-electron chi connectivity index (χ1n) is 7.00. The van der Waals surface area contributed by atoms with E-state index in [1.54, 1.807) is 12.1 Å². The molecule has 0 N–H and O–H groups in total. The number of carbonyl (C=O) groups is 1. The summed E-state index contributed by atoms with van der Waals surface area (Å²) < 4.78 is 12.8. The van der Waals surface area contributed by atoms with Crippen LogP contribution in [0.2, 0.25) is 0 Å². The minimum absolute atomic E-state index is 0.175. The van der Waals surface area contributed by atoms with Gasteiger partial charge in [0.25, 0.3) is 0 Å². The van der Waals surface area contributed by atoms with E-state index in [1.165, 1.54) is 12.1 Å². The molecule has 1 saturated carbocycles. The fraction of sp³-hybridized carbons (Fsp3) is 0.562. The van der Waals surface area contributed by atoms with E-state index in [0.29, 0.717) is 11.7 Å². The molecule has 0 aliphatic heterocycles. The predicted molar refractivity (Wildman–Crippen MR) is 74.2 cm³/mol. The zero-order chi connectivity index (χ0) is 13.8. The predicted octanol–water partition coefficient (Wildman–Crippen LogP) is 3.26. The summed E-state index contributed by atoms with van der Waals surface area (Å²) in [4.78, 5) is 14.1. The number of carbonyl (C=O) groups excluding carboxylic acids is 1. The normalized spacial score (nSPS) is 23.9. The van der Waals surface area contributed by atoms with Crippen LogP contribution >= 0.6 is 0 Å². The number of benzene rings is 1. The Morgan fingerprint density at radius 2 is 2.00 bits per heavy atom. The lowest BCUT2D eigenvalue weighted by Gasteiger charge is -2.29. The molecule has 19 heavy (non-hydrogen) atoms. The van der Waals surface area contributed by atoms with Crippen LogP contribution in [0.1, 0.15) is 31.7 Å². The van der Waals surface area contributed by atoms with E-state index in [4.69, 9.17) is 0 Å². The van der Waals surface area contributed by atoms with Crippen LogP contribution in [0.3, 0.4) is 0 Å². The molecule has 0 aromatic heterocycles. The third-order valence-corrected chi connectivity index (χ3v) is 3.92. The first kappa shape index (κ1) is 14.2. The molecule has 0 radical (unpaired) electrons. The van der Waals surface area contributed by atoms with Crippen molar-refractivity contribution in [3.8, 4) is 0 Å². The summed E-state index contributed by atoms with van der Waals surface area (Å²) in [7, 11) is 2.02. The molecule has 0 bridgehead atoms. The average Bonchev–Trinajstić information content (AvgIpc) is 2.37. The van der Waals surface area contributed by atoms with E-state index in [9.17, 15) is 9.18 Å². The molecular formula is C16H22FNO. The maximum Gasteiger partial charge on any atom is 0.137 e. The Morgan fingerprint density at radius 1 is 1.32 bits per heavy atom. The molecule has 2 atom stereocenters. The average molecular weight is 263 g/mol. The SMILES string of the molecule is CC1CCC(=O)C(CN(C)Cc2ccc(F)cc2)C1. The van der Waals surface area contributed by atoms with E-state index in [2.05, 4.69) is 11.8 Å². The number of ketones is 1. The maximum atomic E-state index is 12.8. The Balaban J connectivity index is 1.88. The van der Waals surface area contributed by atoms with E-state index < -0.39 is 0 Å². The summed E-state index contributed by atoms with van der Waals surface area (Å²) in [6.07, 6.45) is 2.78. The monoisotopic (exact) mass is 263 g/mol. The van der Waals surface area contributed by atoms with Crippen molar-refractivity contribution < 1.29 is 9.18 Å². The van der Waals surface area contributed by atoms with Gasteiger partial charge in [0, 0.05) is 25.4 Å². The van der Waals surface area contributed by atoms with Gasteiger partial charge in [-0.05, 0) is 43.5 Å². The quantitative estimate of drug-likeness (QED) is 0.831. The standard InChI is InChI=1S/C16H22FNO/c1-12-3-8-16(19)14(9-12)11-18(2)10-13-4-6-15(17)7-5-13/h4-7,12,14H,3,8-11H2,1-2H3. The van der Waals surface area contributed by atoms with Gasteiger partial charge in [-0.25, -0.2) is 4.39 Å². The number of halogens is 1. The number of hydrogen-bond acceptors (Lipinski definition) is 2. The highest BCUT2D eigenvalue weighted by Gasteiger charge is 2.27. The first-order chi connectivity index (χ1) is 9.04. The molecule has 1 fully saturated rings. The molecule has 2 nitrogen and oxygen atoms in total. The van der Waals surface area contributed by atoms with Gasteiger partial charge >= 0.3 is 0 Å². The highest BCUT2D eigenvalue weighted by atomic mass is 19.1. The zero-order valence-electron chi connectivity index (χ0n) is 11.7. The van der Waals surface area contributed by atoms with Gasteiger partial charge in [-0.3, -0.25) is 4.79 Å². The zero-order valence-corrected chi connectivity index (χ0v) is 11.7. The minimum atomic E-state index is -0.206. The summed E-state index contributed by atoms with van der Waals surface area (Å²) >= 11 is 0. The Labute approximate surface area is 114 Å². The molecule has 104 valence electrons.